The second-order valence-corrected chi connectivity index (χ2v) is 5.37. The molecule has 5 nitrogen and oxygen atoms in total. The lowest BCUT2D eigenvalue weighted by molar-refractivity contribution is 0.446. The van der Waals surface area contributed by atoms with Crippen LogP contribution in [0.5, 0.6) is 0 Å². The van der Waals surface area contributed by atoms with Gasteiger partial charge < -0.3 is 14.6 Å². The molecule has 20 heavy (non-hydrogen) atoms. The van der Waals surface area contributed by atoms with E-state index in [9.17, 15) is 0 Å². The summed E-state index contributed by atoms with van der Waals surface area (Å²) in [5, 5.41) is 4.33. The monoisotopic (exact) mass is 268 g/mol. The Balaban J connectivity index is 1.88. The summed E-state index contributed by atoms with van der Waals surface area (Å²) in [5.41, 5.74) is 3.78. The smallest absolute Gasteiger partial charge is 0.196 e. The van der Waals surface area contributed by atoms with E-state index in [4.69, 9.17) is 4.42 Å². The minimum absolute atomic E-state index is 0.534. The standard InChI is InChI=1S/C15H16N4O/c1-9-3-4-12-11(5-9)13-14(20-12)15(18-8-17-13)19-6-10(7-19)16-2/h3-5,8,10,16H,6-7H2,1-2H3. The molecule has 0 unspecified atom stereocenters. The average Bonchev–Trinajstić information content (AvgIpc) is 2.76. The van der Waals surface area contributed by atoms with E-state index in [0.29, 0.717) is 6.04 Å². The van der Waals surface area contributed by atoms with Gasteiger partial charge in [0.25, 0.3) is 0 Å². The largest absolute Gasteiger partial charge is 0.450 e. The van der Waals surface area contributed by atoms with Gasteiger partial charge in [-0.25, -0.2) is 9.97 Å². The number of rotatable bonds is 2. The first-order valence-corrected chi connectivity index (χ1v) is 6.82. The molecule has 3 aromatic rings. The summed E-state index contributed by atoms with van der Waals surface area (Å²) in [5.74, 6) is 0.898. The van der Waals surface area contributed by atoms with E-state index in [1.165, 1.54) is 5.56 Å². The highest BCUT2D eigenvalue weighted by Crippen LogP contribution is 2.34. The van der Waals surface area contributed by atoms with E-state index in [-0.39, 0.29) is 0 Å². The first-order chi connectivity index (χ1) is 9.76. The van der Waals surface area contributed by atoms with Crippen molar-refractivity contribution < 1.29 is 4.42 Å². The predicted octanol–water partition coefficient (Wildman–Crippen LogP) is 2.09. The highest BCUT2D eigenvalue weighted by Gasteiger charge is 2.29. The lowest BCUT2D eigenvalue weighted by atomic mass is 10.1. The van der Waals surface area contributed by atoms with Gasteiger partial charge in [-0.2, -0.15) is 0 Å². The van der Waals surface area contributed by atoms with Gasteiger partial charge in [0.2, 0.25) is 0 Å². The summed E-state index contributed by atoms with van der Waals surface area (Å²) in [6.07, 6.45) is 1.63. The van der Waals surface area contributed by atoms with E-state index in [1.807, 2.05) is 13.1 Å². The fourth-order valence-electron chi connectivity index (χ4n) is 2.74. The number of aryl methyl sites for hydroxylation is 1. The molecular weight excluding hydrogens is 252 g/mol. The quantitative estimate of drug-likeness (QED) is 0.771. The maximum atomic E-state index is 5.98. The molecule has 102 valence electrons. The number of aromatic nitrogens is 2. The zero-order valence-corrected chi connectivity index (χ0v) is 11.6. The summed E-state index contributed by atoms with van der Waals surface area (Å²) in [7, 11) is 1.99. The molecule has 1 saturated heterocycles. The topological polar surface area (TPSA) is 54.2 Å². The Labute approximate surface area is 116 Å². The molecule has 0 aliphatic carbocycles. The van der Waals surface area contributed by atoms with E-state index in [0.717, 1.165) is 41.0 Å². The number of furan rings is 1. The highest BCUT2D eigenvalue weighted by atomic mass is 16.3. The van der Waals surface area contributed by atoms with Crippen LogP contribution in [0.15, 0.2) is 28.9 Å². The van der Waals surface area contributed by atoms with Gasteiger partial charge in [0.05, 0.1) is 0 Å². The molecule has 1 aromatic carbocycles. The number of nitrogens with zero attached hydrogens (tertiary/aromatic N) is 3. The Hall–Kier alpha value is -2.14. The van der Waals surface area contributed by atoms with E-state index in [1.54, 1.807) is 6.33 Å². The SMILES string of the molecule is CNC1CN(c2ncnc3c2oc2ccc(C)cc23)C1. The van der Waals surface area contributed by atoms with Crippen molar-refractivity contribution in [3.8, 4) is 0 Å². The van der Waals surface area contributed by atoms with Gasteiger partial charge in [0.15, 0.2) is 11.4 Å². The lowest BCUT2D eigenvalue weighted by Crippen LogP contribution is -2.57. The van der Waals surface area contributed by atoms with Crippen molar-refractivity contribution in [2.24, 2.45) is 0 Å². The van der Waals surface area contributed by atoms with Crippen LogP contribution in [0.3, 0.4) is 0 Å². The summed E-state index contributed by atoms with van der Waals surface area (Å²) < 4.78 is 5.98. The first-order valence-electron chi connectivity index (χ1n) is 6.82. The zero-order chi connectivity index (χ0) is 13.7. The van der Waals surface area contributed by atoms with Crippen molar-refractivity contribution in [2.75, 3.05) is 25.0 Å². The minimum atomic E-state index is 0.534. The van der Waals surface area contributed by atoms with Crippen LogP contribution in [-0.4, -0.2) is 36.1 Å². The summed E-state index contributed by atoms with van der Waals surface area (Å²) in [6.45, 7) is 3.99. The maximum Gasteiger partial charge on any atom is 0.196 e. The van der Waals surface area contributed by atoms with Crippen molar-refractivity contribution in [1.82, 2.24) is 15.3 Å². The van der Waals surface area contributed by atoms with Gasteiger partial charge in [-0.1, -0.05) is 11.6 Å². The van der Waals surface area contributed by atoms with Gasteiger partial charge in [-0.15, -0.1) is 0 Å². The fourth-order valence-corrected chi connectivity index (χ4v) is 2.74. The van der Waals surface area contributed by atoms with E-state index in [2.05, 4.69) is 39.2 Å². The van der Waals surface area contributed by atoms with E-state index < -0.39 is 0 Å². The van der Waals surface area contributed by atoms with Crippen molar-refractivity contribution in [3.63, 3.8) is 0 Å². The molecule has 0 saturated carbocycles. The van der Waals surface area contributed by atoms with Gasteiger partial charge in [-0.05, 0) is 26.1 Å². The van der Waals surface area contributed by atoms with Crippen LogP contribution in [0.4, 0.5) is 5.82 Å². The average molecular weight is 268 g/mol. The fraction of sp³-hybridized carbons (Fsp3) is 0.333. The Morgan fingerprint density at radius 3 is 2.95 bits per heavy atom. The third-order valence-corrected chi connectivity index (χ3v) is 3.98. The van der Waals surface area contributed by atoms with Crippen LogP contribution in [0, 0.1) is 6.92 Å². The van der Waals surface area contributed by atoms with E-state index >= 15 is 0 Å². The number of nitrogens with one attached hydrogen (secondary N) is 1. The van der Waals surface area contributed by atoms with Crippen LogP contribution in [-0.2, 0) is 0 Å². The molecule has 0 bridgehead atoms. The Morgan fingerprint density at radius 1 is 1.30 bits per heavy atom. The van der Waals surface area contributed by atoms with Gasteiger partial charge in [0, 0.05) is 24.5 Å². The second kappa shape index (κ2) is 4.18. The molecule has 0 atom stereocenters. The minimum Gasteiger partial charge on any atom is -0.450 e. The van der Waals surface area contributed by atoms with Crippen molar-refractivity contribution in [3.05, 3.63) is 30.1 Å². The van der Waals surface area contributed by atoms with Crippen molar-refractivity contribution in [1.29, 1.82) is 0 Å². The van der Waals surface area contributed by atoms with Crippen molar-refractivity contribution in [2.45, 2.75) is 13.0 Å². The Bertz CT molecular complexity index is 789. The molecule has 0 spiro atoms. The van der Waals surface area contributed by atoms with Gasteiger partial charge in [-0.3, -0.25) is 0 Å². The summed E-state index contributed by atoms with van der Waals surface area (Å²) in [6, 6.07) is 6.71. The van der Waals surface area contributed by atoms with Crippen LogP contribution in [0.1, 0.15) is 5.56 Å². The third kappa shape index (κ3) is 1.59. The Morgan fingerprint density at radius 2 is 2.15 bits per heavy atom. The molecule has 5 heteroatoms. The number of anilines is 1. The number of benzene rings is 1. The maximum absolute atomic E-state index is 5.98. The number of fused-ring (bicyclic) bond motifs is 3. The molecule has 4 rings (SSSR count). The highest BCUT2D eigenvalue weighted by molar-refractivity contribution is 6.05. The van der Waals surface area contributed by atoms with Crippen LogP contribution < -0.4 is 10.2 Å². The number of hydrogen-bond donors (Lipinski definition) is 1. The molecule has 1 N–H and O–H groups in total. The molecule has 0 amide bonds. The number of hydrogen-bond acceptors (Lipinski definition) is 5. The third-order valence-electron chi connectivity index (χ3n) is 3.98. The molecule has 3 heterocycles. The lowest BCUT2D eigenvalue weighted by Gasteiger charge is -2.39. The predicted molar refractivity (Wildman–Crippen MR) is 79.1 cm³/mol. The molecule has 1 aliphatic rings. The van der Waals surface area contributed by atoms with Crippen LogP contribution in [0.2, 0.25) is 0 Å². The molecule has 0 radical (unpaired) electrons. The van der Waals surface area contributed by atoms with Gasteiger partial charge >= 0.3 is 0 Å². The summed E-state index contributed by atoms with van der Waals surface area (Å²) in [4.78, 5) is 11.0. The Kier molecular flexibility index (Phi) is 2.44. The molecule has 1 fully saturated rings. The summed E-state index contributed by atoms with van der Waals surface area (Å²) >= 11 is 0. The van der Waals surface area contributed by atoms with Gasteiger partial charge in [0.1, 0.15) is 17.4 Å². The second-order valence-electron chi connectivity index (χ2n) is 5.37. The van der Waals surface area contributed by atoms with Crippen LogP contribution in [0.25, 0.3) is 22.1 Å². The molecule has 1 aliphatic heterocycles. The molecule has 2 aromatic heterocycles. The molecular formula is C15H16N4O. The normalized spacial score (nSPS) is 16.0. The first kappa shape index (κ1) is 11.7. The zero-order valence-electron chi connectivity index (χ0n) is 11.6. The van der Waals surface area contributed by atoms with Crippen molar-refractivity contribution >= 4 is 27.9 Å². The van der Waals surface area contributed by atoms with Crippen LogP contribution >= 0.6 is 0 Å². The number of likely N-dealkylation sites (N-methyl/N-ethyl adjacent to an activating group) is 1.